The Morgan fingerprint density at radius 3 is 2.68 bits per heavy atom. The predicted octanol–water partition coefficient (Wildman–Crippen LogP) is 1.76. The van der Waals surface area contributed by atoms with Crippen LogP contribution in [0, 0.1) is 12.8 Å². The maximum absolute atomic E-state index is 12.1. The summed E-state index contributed by atoms with van der Waals surface area (Å²) in [7, 11) is 0. The molecule has 1 aromatic carbocycles. The van der Waals surface area contributed by atoms with Crippen molar-refractivity contribution in [1.82, 2.24) is 0 Å². The maximum atomic E-state index is 12.1. The van der Waals surface area contributed by atoms with Gasteiger partial charge in [-0.2, -0.15) is 0 Å². The van der Waals surface area contributed by atoms with Crippen molar-refractivity contribution in [1.29, 1.82) is 0 Å². The topological polar surface area (TPSA) is 92.4 Å². The quantitative estimate of drug-likeness (QED) is 0.773. The average Bonchev–Trinajstić information content (AvgIpc) is 2.77. The highest BCUT2D eigenvalue weighted by Gasteiger charge is 2.30. The SMILES string of the molecule is Cc1c(NC(=O)C2CCCC2N)cccc1C(=O)O. The van der Waals surface area contributed by atoms with E-state index in [0.29, 0.717) is 11.3 Å². The van der Waals surface area contributed by atoms with Gasteiger partial charge in [0.1, 0.15) is 0 Å². The first-order chi connectivity index (χ1) is 9.00. The molecular formula is C14H18N2O3. The number of carboxylic acid groups (broad SMARTS) is 1. The number of carboxylic acids is 1. The van der Waals surface area contributed by atoms with E-state index in [9.17, 15) is 9.59 Å². The molecule has 0 bridgehead atoms. The molecule has 1 saturated carbocycles. The first-order valence-corrected chi connectivity index (χ1v) is 6.40. The van der Waals surface area contributed by atoms with Crippen molar-refractivity contribution in [3.05, 3.63) is 29.3 Å². The van der Waals surface area contributed by atoms with Crippen molar-refractivity contribution in [3.63, 3.8) is 0 Å². The Bertz CT molecular complexity index is 513. The highest BCUT2D eigenvalue weighted by molar-refractivity contribution is 5.97. The molecule has 1 amide bonds. The second kappa shape index (κ2) is 5.40. The summed E-state index contributed by atoms with van der Waals surface area (Å²) < 4.78 is 0. The molecule has 5 nitrogen and oxygen atoms in total. The van der Waals surface area contributed by atoms with Crippen LogP contribution in [-0.4, -0.2) is 23.0 Å². The van der Waals surface area contributed by atoms with E-state index in [4.69, 9.17) is 10.8 Å². The van der Waals surface area contributed by atoms with E-state index in [2.05, 4.69) is 5.32 Å². The van der Waals surface area contributed by atoms with Crippen molar-refractivity contribution in [3.8, 4) is 0 Å². The van der Waals surface area contributed by atoms with Gasteiger partial charge in [0.25, 0.3) is 0 Å². The molecule has 19 heavy (non-hydrogen) atoms. The lowest BCUT2D eigenvalue weighted by Gasteiger charge is -2.16. The number of aromatic carboxylic acids is 1. The van der Waals surface area contributed by atoms with Crippen molar-refractivity contribution in [2.45, 2.75) is 32.2 Å². The number of hydrogen-bond acceptors (Lipinski definition) is 3. The second-order valence-electron chi connectivity index (χ2n) is 4.97. The lowest BCUT2D eigenvalue weighted by molar-refractivity contribution is -0.120. The molecule has 5 heteroatoms. The van der Waals surface area contributed by atoms with Crippen LogP contribution >= 0.6 is 0 Å². The van der Waals surface area contributed by atoms with Gasteiger partial charge >= 0.3 is 5.97 Å². The summed E-state index contributed by atoms with van der Waals surface area (Å²) in [5.41, 5.74) is 7.21. The summed E-state index contributed by atoms with van der Waals surface area (Å²) >= 11 is 0. The average molecular weight is 262 g/mol. The molecule has 0 radical (unpaired) electrons. The number of amides is 1. The summed E-state index contributed by atoms with van der Waals surface area (Å²) in [5, 5.41) is 11.8. The fourth-order valence-corrected chi connectivity index (χ4v) is 2.54. The molecule has 0 aliphatic heterocycles. The minimum Gasteiger partial charge on any atom is -0.478 e. The third kappa shape index (κ3) is 2.76. The summed E-state index contributed by atoms with van der Waals surface area (Å²) in [6.45, 7) is 1.69. The lowest BCUT2D eigenvalue weighted by atomic mass is 10.0. The van der Waals surface area contributed by atoms with Crippen LogP contribution < -0.4 is 11.1 Å². The van der Waals surface area contributed by atoms with Gasteiger partial charge in [0.15, 0.2) is 0 Å². The number of benzene rings is 1. The molecule has 1 aromatic rings. The van der Waals surface area contributed by atoms with Crippen LogP contribution in [0.3, 0.4) is 0 Å². The van der Waals surface area contributed by atoms with E-state index in [1.54, 1.807) is 19.1 Å². The lowest BCUT2D eigenvalue weighted by Crippen LogP contribution is -2.34. The Balaban J connectivity index is 2.17. The smallest absolute Gasteiger partial charge is 0.336 e. The normalized spacial score (nSPS) is 22.2. The predicted molar refractivity (Wildman–Crippen MR) is 72.1 cm³/mol. The Hall–Kier alpha value is -1.88. The monoisotopic (exact) mass is 262 g/mol. The Morgan fingerprint density at radius 1 is 1.37 bits per heavy atom. The maximum Gasteiger partial charge on any atom is 0.336 e. The van der Waals surface area contributed by atoms with Gasteiger partial charge in [0.2, 0.25) is 5.91 Å². The zero-order valence-electron chi connectivity index (χ0n) is 10.8. The highest BCUT2D eigenvalue weighted by Crippen LogP contribution is 2.26. The van der Waals surface area contributed by atoms with Crippen LogP contribution in [0.2, 0.25) is 0 Å². The van der Waals surface area contributed by atoms with Crippen LogP contribution in [0.5, 0.6) is 0 Å². The van der Waals surface area contributed by atoms with E-state index in [1.807, 2.05) is 0 Å². The second-order valence-corrected chi connectivity index (χ2v) is 4.97. The Labute approximate surface area is 111 Å². The van der Waals surface area contributed by atoms with E-state index in [-0.39, 0.29) is 23.4 Å². The van der Waals surface area contributed by atoms with Crippen molar-refractivity contribution in [2.24, 2.45) is 11.7 Å². The molecule has 102 valence electrons. The molecule has 0 spiro atoms. The molecule has 4 N–H and O–H groups in total. The van der Waals surface area contributed by atoms with Gasteiger partial charge in [-0.05, 0) is 37.5 Å². The van der Waals surface area contributed by atoms with Crippen LogP contribution in [-0.2, 0) is 4.79 Å². The number of nitrogens with one attached hydrogen (secondary N) is 1. The molecule has 1 aliphatic carbocycles. The zero-order valence-corrected chi connectivity index (χ0v) is 10.8. The van der Waals surface area contributed by atoms with Crippen molar-refractivity contribution in [2.75, 3.05) is 5.32 Å². The van der Waals surface area contributed by atoms with Crippen LogP contribution in [0.4, 0.5) is 5.69 Å². The van der Waals surface area contributed by atoms with E-state index in [1.165, 1.54) is 6.07 Å². The standard InChI is InChI=1S/C14H18N2O3/c1-8-9(14(18)19)4-3-7-12(8)16-13(17)10-5-2-6-11(10)15/h3-4,7,10-11H,2,5-6,15H2,1H3,(H,16,17)(H,18,19). The fourth-order valence-electron chi connectivity index (χ4n) is 2.54. The van der Waals surface area contributed by atoms with Gasteiger partial charge in [0.05, 0.1) is 11.5 Å². The largest absolute Gasteiger partial charge is 0.478 e. The van der Waals surface area contributed by atoms with Crippen LogP contribution in [0.25, 0.3) is 0 Å². The van der Waals surface area contributed by atoms with Crippen LogP contribution in [0.15, 0.2) is 18.2 Å². The number of anilines is 1. The number of carbonyl (C=O) groups excluding carboxylic acids is 1. The summed E-state index contributed by atoms with van der Waals surface area (Å²) in [4.78, 5) is 23.2. The van der Waals surface area contributed by atoms with Gasteiger partial charge in [-0.1, -0.05) is 12.5 Å². The fraction of sp³-hybridized carbons (Fsp3) is 0.429. The van der Waals surface area contributed by atoms with E-state index in [0.717, 1.165) is 19.3 Å². The molecule has 0 heterocycles. The van der Waals surface area contributed by atoms with Gasteiger partial charge in [-0.25, -0.2) is 4.79 Å². The van der Waals surface area contributed by atoms with E-state index < -0.39 is 5.97 Å². The van der Waals surface area contributed by atoms with Crippen LogP contribution in [0.1, 0.15) is 35.2 Å². The van der Waals surface area contributed by atoms with Gasteiger partial charge in [0, 0.05) is 11.7 Å². The number of carbonyl (C=O) groups is 2. The molecule has 1 fully saturated rings. The highest BCUT2D eigenvalue weighted by atomic mass is 16.4. The minimum absolute atomic E-state index is 0.0945. The molecule has 0 saturated heterocycles. The van der Waals surface area contributed by atoms with Gasteiger partial charge in [-0.3, -0.25) is 4.79 Å². The molecule has 1 aliphatic rings. The summed E-state index contributed by atoms with van der Waals surface area (Å²) in [5.74, 6) is -1.28. The third-order valence-electron chi connectivity index (χ3n) is 3.73. The zero-order chi connectivity index (χ0) is 14.0. The Kier molecular flexibility index (Phi) is 3.85. The van der Waals surface area contributed by atoms with Gasteiger partial charge < -0.3 is 16.2 Å². The molecular weight excluding hydrogens is 244 g/mol. The number of rotatable bonds is 3. The Morgan fingerprint density at radius 2 is 2.11 bits per heavy atom. The molecule has 2 rings (SSSR count). The number of hydrogen-bond donors (Lipinski definition) is 3. The molecule has 2 atom stereocenters. The number of nitrogens with two attached hydrogens (primary N) is 1. The third-order valence-corrected chi connectivity index (χ3v) is 3.73. The minimum atomic E-state index is -0.994. The molecule has 2 unspecified atom stereocenters. The van der Waals surface area contributed by atoms with E-state index >= 15 is 0 Å². The summed E-state index contributed by atoms with van der Waals surface area (Å²) in [6, 6.07) is 4.76. The summed E-state index contributed by atoms with van der Waals surface area (Å²) in [6.07, 6.45) is 2.63. The van der Waals surface area contributed by atoms with Crippen molar-refractivity contribution >= 4 is 17.6 Å². The first kappa shape index (κ1) is 13.5. The first-order valence-electron chi connectivity index (χ1n) is 6.40. The van der Waals surface area contributed by atoms with Gasteiger partial charge in [-0.15, -0.1) is 0 Å². The van der Waals surface area contributed by atoms with Crippen molar-refractivity contribution < 1.29 is 14.7 Å². The molecule has 0 aromatic heterocycles.